The summed E-state index contributed by atoms with van der Waals surface area (Å²) in [4.78, 5) is 14.7. The fourth-order valence-electron chi connectivity index (χ4n) is 3.51. The molecule has 2 aliphatic heterocycles. The Bertz CT molecular complexity index is 545. The Morgan fingerprint density at radius 1 is 1.30 bits per heavy atom. The first-order valence-corrected chi connectivity index (χ1v) is 8.77. The van der Waals surface area contributed by atoms with Gasteiger partial charge in [0.15, 0.2) is 0 Å². The van der Waals surface area contributed by atoms with E-state index in [-0.39, 0.29) is 18.1 Å². The Labute approximate surface area is 142 Å². The quantitative estimate of drug-likeness (QED) is 0.848. The number of carbonyl (C=O) groups is 1. The number of carbonyl (C=O) groups excluding carboxylic acids is 1. The molecule has 4 nitrogen and oxygen atoms in total. The van der Waals surface area contributed by atoms with Crippen molar-refractivity contribution in [2.45, 2.75) is 38.3 Å². The van der Waals surface area contributed by atoms with Crippen LogP contribution in [0.25, 0.3) is 0 Å². The van der Waals surface area contributed by atoms with Crippen molar-refractivity contribution in [3.63, 3.8) is 0 Å². The molecule has 126 valence electrons. The smallest absolute Gasteiger partial charge is 0.223 e. The predicted molar refractivity (Wildman–Crippen MR) is 89.5 cm³/mol. The summed E-state index contributed by atoms with van der Waals surface area (Å²) in [6, 6.07) is 7.74. The van der Waals surface area contributed by atoms with E-state index >= 15 is 0 Å². The van der Waals surface area contributed by atoms with E-state index in [1.807, 2.05) is 29.2 Å². The van der Waals surface area contributed by atoms with Gasteiger partial charge in [-0.3, -0.25) is 4.79 Å². The third-order valence-electron chi connectivity index (χ3n) is 4.86. The molecule has 0 spiro atoms. The highest BCUT2D eigenvalue weighted by atomic mass is 35.5. The van der Waals surface area contributed by atoms with E-state index in [0.717, 1.165) is 31.6 Å². The summed E-state index contributed by atoms with van der Waals surface area (Å²) in [5.74, 6) is 0.690. The molecule has 3 rings (SSSR count). The fraction of sp³-hybridized carbons (Fsp3) is 0.611. The summed E-state index contributed by atoms with van der Waals surface area (Å²) in [6.07, 6.45) is 2.49. The monoisotopic (exact) mass is 337 g/mol. The molecule has 0 aliphatic carbocycles. The summed E-state index contributed by atoms with van der Waals surface area (Å²) in [5.41, 5.74) is 1.04. The van der Waals surface area contributed by atoms with Gasteiger partial charge in [0.1, 0.15) is 6.10 Å². The second kappa shape index (κ2) is 7.65. The SMILES string of the molecule is C[C@@H]1[C@@H](c2cccc(Cl)c2)OCCN1C(=O)CC1CCOCC1. The maximum absolute atomic E-state index is 12.7. The Hall–Kier alpha value is -1.10. The molecule has 0 bridgehead atoms. The van der Waals surface area contributed by atoms with Gasteiger partial charge in [-0.15, -0.1) is 0 Å². The molecule has 2 fully saturated rings. The number of ether oxygens (including phenoxy) is 2. The first-order valence-electron chi connectivity index (χ1n) is 8.39. The number of morpholine rings is 1. The number of hydrogen-bond acceptors (Lipinski definition) is 3. The predicted octanol–water partition coefficient (Wildman–Crippen LogP) is 3.45. The van der Waals surface area contributed by atoms with E-state index in [4.69, 9.17) is 21.1 Å². The van der Waals surface area contributed by atoms with Crippen LogP contribution in [0.4, 0.5) is 0 Å². The third kappa shape index (κ3) is 4.06. The van der Waals surface area contributed by atoms with Crippen LogP contribution < -0.4 is 0 Å². The van der Waals surface area contributed by atoms with Crippen molar-refractivity contribution in [2.75, 3.05) is 26.4 Å². The van der Waals surface area contributed by atoms with Crippen LogP contribution in [0, 0.1) is 5.92 Å². The molecule has 2 saturated heterocycles. The average molecular weight is 338 g/mol. The van der Waals surface area contributed by atoms with Gasteiger partial charge in [-0.05, 0) is 43.4 Å². The lowest BCUT2D eigenvalue weighted by Gasteiger charge is -2.40. The summed E-state index contributed by atoms with van der Waals surface area (Å²) >= 11 is 6.09. The van der Waals surface area contributed by atoms with Crippen molar-refractivity contribution in [3.05, 3.63) is 34.9 Å². The van der Waals surface area contributed by atoms with Gasteiger partial charge >= 0.3 is 0 Å². The van der Waals surface area contributed by atoms with Crippen molar-refractivity contribution in [1.82, 2.24) is 4.90 Å². The van der Waals surface area contributed by atoms with Crippen molar-refractivity contribution < 1.29 is 14.3 Å². The van der Waals surface area contributed by atoms with Gasteiger partial charge in [0.2, 0.25) is 5.91 Å². The minimum atomic E-state index is -0.110. The van der Waals surface area contributed by atoms with Gasteiger partial charge in [-0.2, -0.15) is 0 Å². The lowest BCUT2D eigenvalue weighted by Crippen LogP contribution is -2.49. The highest BCUT2D eigenvalue weighted by molar-refractivity contribution is 6.30. The normalized spacial score (nSPS) is 26.3. The molecular formula is C18H24ClNO3. The largest absolute Gasteiger partial charge is 0.381 e. The minimum absolute atomic E-state index is 0.0227. The topological polar surface area (TPSA) is 38.8 Å². The summed E-state index contributed by atoms with van der Waals surface area (Å²) in [7, 11) is 0. The van der Waals surface area contributed by atoms with E-state index in [1.54, 1.807) is 0 Å². The fourth-order valence-corrected chi connectivity index (χ4v) is 3.71. The standard InChI is InChI=1S/C18H24ClNO3/c1-13-18(15-3-2-4-16(19)12-15)23-10-7-20(13)17(21)11-14-5-8-22-9-6-14/h2-4,12-14,18H,5-11H2,1H3/t13-,18+/m1/s1. The Kier molecular flexibility index (Phi) is 5.57. The molecule has 1 amide bonds. The molecule has 1 aromatic carbocycles. The van der Waals surface area contributed by atoms with Gasteiger partial charge in [-0.25, -0.2) is 0 Å². The van der Waals surface area contributed by atoms with Crippen molar-refractivity contribution in [1.29, 1.82) is 0 Å². The molecule has 5 heteroatoms. The zero-order chi connectivity index (χ0) is 16.2. The van der Waals surface area contributed by atoms with Gasteiger partial charge in [0.25, 0.3) is 0 Å². The summed E-state index contributed by atoms with van der Waals surface area (Å²) < 4.78 is 11.3. The summed E-state index contributed by atoms with van der Waals surface area (Å²) in [5, 5.41) is 0.698. The second-order valence-corrected chi connectivity index (χ2v) is 6.87. The van der Waals surface area contributed by atoms with Crippen LogP contribution >= 0.6 is 11.6 Å². The van der Waals surface area contributed by atoms with Gasteiger partial charge in [-0.1, -0.05) is 23.7 Å². The number of hydrogen-bond donors (Lipinski definition) is 0. The Balaban J connectivity index is 1.66. The van der Waals surface area contributed by atoms with Crippen molar-refractivity contribution in [2.24, 2.45) is 5.92 Å². The molecule has 23 heavy (non-hydrogen) atoms. The van der Waals surface area contributed by atoms with E-state index in [2.05, 4.69) is 6.92 Å². The van der Waals surface area contributed by atoms with Crippen LogP contribution in [-0.2, 0) is 14.3 Å². The minimum Gasteiger partial charge on any atom is -0.381 e. The van der Waals surface area contributed by atoms with Crippen LogP contribution in [0.1, 0.15) is 37.9 Å². The lowest BCUT2D eigenvalue weighted by molar-refractivity contribution is -0.147. The van der Waals surface area contributed by atoms with Crippen LogP contribution in [0.15, 0.2) is 24.3 Å². The van der Waals surface area contributed by atoms with E-state index in [0.29, 0.717) is 30.5 Å². The Morgan fingerprint density at radius 3 is 2.83 bits per heavy atom. The molecule has 2 heterocycles. The van der Waals surface area contributed by atoms with Gasteiger partial charge in [0.05, 0.1) is 12.6 Å². The number of nitrogens with zero attached hydrogens (tertiary/aromatic N) is 1. The molecule has 0 radical (unpaired) electrons. The van der Waals surface area contributed by atoms with Crippen LogP contribution in [0.2, 0.25) is 5.02 Å². The molecule has 0 aromatic heterocycles. The second-order valence-electron chi connectivity index (χ2n) is 6.43. The van der Waals surface area contributed by atoms with Gasteiger partial charge < -0.3 is 14.4 Å². The molecule has 1 aromatic rings. The molecule has 0 saturated carbocycles. The van der Waals surface area contributed by atoms with Crippen molar-refractivity contribution >= 4 is 17.5 Å². The first-order chi connectivity index (χ1) is 11.1. The number of benzene rings is 1. The lowest BCUT2D eigenvalue weighted by atomic mass is 9.94. The molecule has 2 atom stereocenters. The van der Waals surface area contributed by atoms with Crippen LogP contribution in [0.3, 0.4) is 0 Å². The van der Waals surface area contributed by atoms with Crippen LogP contribution in [-0.4, -0.2) is 43.2 Å². The maximum Gasteiger partial charge on any atom is 0.223 e. The maximum atomic E-state index is 12.7. The highest BCUT2D eigenvalue weighted by Crippen LogP contribution is 2.31. The number of halogens is 1. The van der Waals surface area contributed by atoms with Crippen LogP contribution in [0.5, 0.6) is 0 Å². The number of amides is 1. The molecular weight excluding hydrogens is 314 g/mol. The highest BCUT2D eigenvalue weighted by Gasteiger charge is 2.33. The van der Waals surface area contributed by atoms with Crippen molar-refractivity contribution in [3.8, 4) is 0 Å². The van der Waals surface area contributed by atoms with E-state index < -0.39 is 0 Å². The zero-order valence-corrected chi connectivity index (χ0v) is 14.3. The average Bonchev–Trinajstić information content (AvgIpc) is 2.56. The molecule has 0 unspecified atom stereocenters. The number of rotatable bonds is 3. The molecule has 2 aliphatic rings. The van der Waals surface area contributed by atoms with E-state index in [1.165, 1.54) is 0 Å². The van der Waals surface area contributed by atoms with Gasteiger partial charge in [0, 0.05) is 31.2 Å². The summed E-state index contributed by atoms with van der Waals surface area (Å²) in [6.45, 7) is 4.86. The Morgan fingerprint density at radius 2 is 2.09 bits per heavy atom. The zero-order valence-electron chi connectivity index (χ0n) is 13.5. The first kappa shape index (κ1) is 16.7. The van der Waals surface area contributed by atoms with E-state index in [9.17, 15) is 4.79 Å². The molecule has 0 N–H and O–H groups in total. The third-order valence-corrected chi connectivity index (χ3v) is 5.10.